The topological polar surface area (TPSA) is 6.48 Å². The lowest BCUT2D eigenvalue weighted by Gasteiger charge is -2.44. The summed E-state index contributed by atoms with van der Waals surface area (Å²) in [4.78, 5) is 5.25. The monoisotopic (exact) mass is 824 g/mol. The number of anilines is 4. The first-order chi connectivity index (χ1) is 31.2. The van der Waals surface area contributed by atoms with E-state index in [2.05, 4.69) is 245 Å². The van der Waals surface area contributed by atoms with Gasteiger partial charge in [0.2, 0.25) is 0 Å². The fraction of sp³-hybridized carbons (Fsp3) is 0.161. The molecular weight excluding hydrogens is 773 g/mol. The molecule has 2 atom stereocenters. The summed E-state index contributed by atoms with van der Waals surface area (Å²) in [6, 6.07) is 75.4. The van der Waals surface area contributed by atoms with E-state index in [0.29, 0.717) is 0 Å². The molecule has 0 aromatic heterocycles. The number of nitrogens with zero attached hydrogens (tertiary/aromatic N) is 2. The van der Waals surface area contributed by atoms with E-state index < -0.39 is 0 Å². The maximum atomic E-state index is 2.64. The Labute approximate surface area is 377 Å². The van der Waals surface area contributed by atoms with Crippen LogP contribution >= 0.6 is 0 Å². The summed E-state index contributed by atoms with van der Waals surface area (Å²) in [7, 11) is 0. The van der Waals surface area contributed by atoms with Crippen LogP contribution in [0.2, 0.25) is 0 Å². The van der Waals surface area contributed by atoms with Gasteiger partial charge in [0.25, 0.3) is 0 Å². The van der Waals surface area contributed by atoms with E-state index in [1.807, 2.05) is 0 Å². The average molecular weight is 825 g/mol. The Bertz CT molecular complexity index is 3350. The Kier molecular flexibility index (Phi) is 8.53. The van der Waals surface area contributed by atoms with E-state index in [0.717, 1.165) is 12.8 Å². The lowest BCUT2D eigenvalue weighted by molar-refractivity contribution is 0.463. The molecule has 2 nitrogen and oxygen atoms in total. The Morgan fingerprint density at radius 2 is 0.797 bits per heavy atom. The Hall–Kier alpha value is -7.16. The van der Waals surface area contributed by atoms with Gasteiger partial charge in [0, 0.05) is 28.2 Å². The minimum Gasteiger partial charge on any atom is -0.331 e. The van der Waals surface area contributed by atoms with Gasteiger partial charge < -0.3 is 9.80 Å². The molecule has 0 spiro atoms. The maximum Gasteiger partial charge on any atom is 0.0960 e. The fourth-order valence-corrected chi connectivity index (χ4v) is 11.6. The molecule has 64 heavy (non-hydrogen) atoms. The predicted octanol–water partition coefficient (Wildman–Crippen LogP) is 16.9. The summed E-state index contributed by atoms with van der Waals surface area (Å²) in [6.45, 7) is 12.1. The quantitative estimate of drug-likeness (QED) is 0.143. The molecule has 2 aliphatic carbocycles. The van der Waals surface area contributed by atoms with Crippen LogP contribution in [0.3, 0.4) is 0 Å². The second kappa shape index (κ2) is 14.2. The maximum absolute atomic E-state index is 2.64. The zero-order valence-electron chi connectivity index (χ0n) is 37.4. The third-order valence-corrected chi connectivity index (χ3v) is 15.3. The van der Waals surface area contributed by atoms with Crippen LogP contribution in [0.5, 0.6) is 0 Å². The largest absolute Gasteiger partial charge is 0.331 e. The zero-order chi connectivity index (χ0) is 43.4. The Balaban J connectivity index is 0.987. The van der Waals surface area contributed by atoms with Crippen molar-refractivity contribution in [2.45, 2.75) is 64.0 Å². The van der Waals surface area contributed by atoms with Crippen LogP contribution < -0.4 is 9.80 Å². The van der Waals surface area contributed by atoms with E-state index in [9.17, 15) is 0 Å². The molecule has 0 saturated carbocycles. The Morgan fingerprint density at radius 3 is 1.25 bits per heavy atom. The number of benzene rings is 10. The first kappa shape index (κ1) is 38.5. The third kappa shape index (κ3) is 5.64. The van der Waals surface area contributed by atoms with Crippen LogP contribution in [-0.4, -0.2) is 0 Å². The second-order valence-electron chi connectivity index (χ2n) is 19.0. The molecule has 0 saturated heterocycles. The van der Waals surface area contributed by atoms with Crippen molar-refractivity contribution in [3.63, 3.8) is 0 Å². The van der Waals surface area contributed by atoms with Crippen LogP contribution in [0.15, 0.2) is 200 Å². The highest BCUT2D eigenvalue weighted by molar-refractivity contribution is 5.94. The van der Waals surface area contributed by atoms with Crippen LogP contribution in [-0.2, 0) is 16.5 Å². The minimum atomic E-state index is -0.351. The summed E-state index contributed by atoms with van der Waals surface area (Å²) in [5, 5.41) is 10.0. The van der Waals surface area contributed by atoms with E-state index in [1.165, 1.54) is 105 Å². The van der Waals surface area contributed by atoms with Gasteiger partial charge in [-0.1, -0.05) is 173 Å². The SMILES string of the molecule is CCC(C)(c1ccc2c(c1)C(C)(C)c1cc3c(cc1-2)C3(CC)N(c1ccc2ccccc2c1)c1ccc2ccccc2c1)N(c1ccc2ccccc2c1)c1ccc2ccccc2c1. The first-order valence-corrected chi connectivity index (χ1v) is 23.1. The molecule has 0 radical (unpaired) electrons. The molecule has 310 valence electrons. The van der Waals surface area contributed by atoms with Gasteiger partial charge in [0.1, 0.15) is 0 Å². The fourth-order valence-electron chi connectivity index (χ4n) is 11.6. The molecule has 0 N–H and O–H groups in total. The predicted molar refractivity (Wildman–Crippen MR) is 273 cm³/mol. The van der Waals surface area contributed by atoms with Gasteiger partial charge in [0.05, 0.1) is 11.1 Å². The van der Waals surface area contributed by atoms with Crippen LogP contribution in [0.4, 0.5) is 22.7 Å². The van der Waals surface area contributed by atoms with E-state index in [4.69, 9.17) is 0 Å². The highest BCUT2D eigenvalue weighted by Crippen LogP contribution is 2.63. The molecule has 0 heterocycles. The molecule has 2 unspecified atom stereocenters. The minimum absolute atomic E-state index is 0.195. The summed E-state index contributed by atoms with van der Waals surface area (Å²) >= 11 is 0. The van der Waals surface area contributed by atoms with Crippen LogP contribution in [0.25, 0.3) is 54.2 Å². The van der Waals surface area contributed by atoms with Crippen molar-refractivity contribution < 1.29 is 0 Å². The highest BCUT2D eigenvalue weighted by Gasteiger charge is 2.56. The number of hydrogen-bond donors (Lipinski definition) is 0. The van der Waals surface area contributed by atoms with Crippen molar-refractivity contribution in [1.29, 1.82) is 0 Å². The van der Waals surface area contributed by atoms with Crippen molar-refractivity contribution in [2.75, 3.05) is 9.80 Å². The normalized spacial score (nSPS) is 16.6. The molecule has 2 heteroatoms. The van der Waals surface area contributed by atoms with Gasteiger partial charge in [-0.2, -0.15) is 0 Å². The third-order valence-electron chi connectivity index (χ3n) is 15.3. The molecular formula is C62H52N2. The number of rotatable bonds is 9. The Morgan fingerprint density at radius 1 is 0.391 bits per heavy atom. The first-order valence-electron chi connectivity index (χ1n) is 23.1. The number of hydrogen-bond acceptors (Lipinski definition) is 2. The van der Waals surface area contributed by atoms with E-state index >= 15 is 0 Å². The van der Waals surface area contributed by atoms with Gasteiger partial charge in [0.15, 0.2) is 0 Å². The van der Waals surface area contributed by atoms with Crippen molar-refractivity contribution >= 4 is 65.8 Å². The van der Waals surface area contributed by atoms with Crippen molar-refractivity contribution in [1.82, 2.24) is 0 Å². The molecule has 10 aromatic carbocycles. The van der Waals surface area contributed by atoms with Gasteiger partial charge in [-0.3, -0.25) is 0 Å². The molecule has 0 amide bonds. The summed E-state index contributed by atoms with van der Waals surface area (Å²) in [5.74, 6) is 0. The standard InChI is InChI=1S/C62H52N2/c1-6-61(5,63(50-29-24-41-16-8-12-20-45(41)34-50)51-30-25-42-17-9-13-21-46(42)35-51)49-28-33-54-55-39-58-59(40-57(55)60(3,4)56(54)38-49)62(58,7-2)64(52-31-26-43-18-10-14-22-47(43)36-52)53-32-27-44-19-11-15-23-48(44)37-53/h8-40H,6-7H2,1-5H3. The molecule has 0 bridgehead atoms. The van der Waals surface area contributed by atoms with Gasteiger partial charge in [-0.15, -0.1) is 0 Å². The van der Waals surface area contributed by atoms with E-state index in [-0.39, 0.29) is 16.5 Å². The lowest BCUT2D eigenvalue weighted by Crippen LogP contribution is -2.40. The molecule has 0 fully saturated rings. The summed E-state index contributed by atoms with van der Waals surface area (Å²) in [5.41, 5.74) is 13.8. The number of fused-ring (bicyclic) bond motifs is 8. The highest BCUT2D eigenvalue weighted by atomic mass is 15.2. The lowest BCUT2D eigenvalue weighted by atomic mass is 9.78. The van der Waals surface area contributed by atoms with Crippen LogP contribution in [0, 0.1) is 0 Å². The summed E-state index contributed by atoms with van der Waals surface area (Å²) in [6.07, 6.45) is 1.89. The smallest absolute Gasteiger partial charge is 0.0960 e. The molecule has 2 aliphatic rings. The van der Waals surface area contributed by atoms with Gasteiger partial charge in [-0.25, -0.2) is 0 Å². The van der Waals surface area contributed by atoms with Gasteiger partial charge >= 0.3 is 0 Å². The van der Waals surface area contributed by atoms with Gasteiger partial charge in [-0.05, 0) is 156 Å². The van der Waals surface area contributed by atoms with Crippen LogP contribution in [0.1, 0.15) is 75.3 Å². The van der Waals surface area contributed by atoms with Crippen molar-refractivity contribution in [3.05, 3.63) is 228 Å². The molecule has 10 aromatic rings. The second-order valence-corrected chi connectivity index (χ2v) is 19.0. The summed E-state index contributed by atoms with van der Waals surface area (Å²) < 4.78 is 0. The zero-order valence-corrected chi connectivity index (χ0v) is 37.4. The average Bonchev–Trinajstić information content (AvgIpc) is 3.92. The van der Waals surface area contributed by atoms with Crippen molar-refractivity contribution in [3.8, 4) is 11.1 Å². The van der Waals surface area contributed by atoms with Crippen molar-refractivity contribution in [2.24, 2.45) is 0 Å². The van der Waals surface area contributed by atoms with E-state index in [1.54, 1.807) is 0 Å². The molecule has 12 rings (SSSR count). The molecule has 0 aliphatic heterocycles.